The molecular formula is C26H24N2O3S. The van der Waals surface area contributed by atoms with Crippen LogP contribution >= 0.6 is 11.8 Å². The van der Waals surface area contributed by atoms with Gasteiger partial charge in [-0.25, -0.2) is 0 Å². The van der Waals surface area contributed by atoms with Crippen molar-refractivity contribution in [1.82, 2.24) is 9.78 Å². The maximum Gasteiger partial charge on any atom is 0.317 e. The number of methoxy groups -OCH3 is 1. The van der Waals surface area contributed by atoms with E-state index in [0.717, 1.165) is 32.5 Å². The van der Waals surface area contributed by atoms with E-state index >= 15 is 0 Å². The lowest BCUT2D eigenvalue weighted by molar-refractivity contribution is -0.134. The minimum Gasteiger partial charge on any atom is -0.497 e. The zero-order valence-electron chi connectivity index (χ0n) is 18.2. The summed E-state index contributed by atoms with van der Waals surface area (Å²) in [4.78, 5) is 14.7. The summed E-state index contributed by atoms with van der Waals surface area (Å²) >= 11 is 1.54. The van der Waals surface area contributed by atoms with Gasteiger partial charge in [0.05, 0.1) is 29.8 Å². The van der Waals surface area contributed by atoms with E-state index in [1.54, 1.807) is 23.6 Å². The number of hydrogen-bond acceptors (Lipinski definition) is 5. The lowest BCUT2D eigenvalue weighted by atomic mass is 10.1. The predicted molar refractivity (Wildman–Crippen MR) is 126 cm³/mol. The number of nitrogens with zero attached hydrogens (tertiary/aromatic N) is 2. The van der Waals surface area contributed by atoms with E-state index in [9.17, 15) is 4.79 Å². The van der Waals surface area contributed by atoms with Crippen molar-refractivity contribution in [3.05, 3.63) is 95.7 Å². The Balaban J connectivity index is 1.65. The van der Waals surface area contributed by atoms with Crippen LogP contribution in [0.5, 0.6) is 11.6 Å². The Labute approximate surface area is 192 Å². The predicted octanol–water partition coefficient (Wildman–Crippen LogP) is 5.80. The fourth-order valence-corrected chi connectivity index (χ4v) is 4.13. The van der Waals surface area contributed by atoms with E-state index in [1.165, 1.54) is 5.56 Å². The Morgan fingerprint density at radius 2 is 1.62 bits per heavy atom. The number of para-hydroxylation sites is 1. The summed E-state index contributed by atoms with van der Waals surface area (Å²) in [7, 11) is 1.61. The van der Waals surface area contributed by atoms with Gasteiger partial charge in [0.25, 0.3) is 0 Å². The third-order valence-electron chi connectivity index (χ3n) is 4.92. The SMILES string of the molecule is COc1ccc(CC(=O)Oc2c(Sc3ccc(C)cc3)c(C)nn2-c2ccccc2)cc1. The Bertz CT molecular complexity index is 1200. The molecule has 0 N–H and O–H groups in total. The first-order valence-corrected chi connectivity index (χ1v) is 11.1. The number of ether oxygens (including phenoxy) is 2. The lowest BCUT2D eigenvalue weighted by Crippen LogP contribution is -2.14. The normalized spacial score (nSPS) is 10.7. The molecule has 4 aromatic rings. The van der Waals surface area contributed by atoms with Gasteiger partial charge in [-0.05, 0) is 55.8 Å². The first kappa shape index (κ1) is 21.7. The standard InChI is InChI=1S/C26H24N2O3S/c1-18-9-15-23(16-10-18)32-25-19(2)27-28(21-7-5-4-6-8-21)26(25)31-24(29)17-20-11-13-22(30-3)14-12-20/h4-16H,17H2,1-3H3. The van der Waals surface area contributed by atoms with Crippen molar-refractivity contribution >= 4 is 17.7 Å². The molecule has 1 aromatic heterocycles. The third kappa shape index (κ3) is 5.03. The van der Waals surface area contributed by atoms with Crippen molar-refractivity contribution in [2.45, 2.75) is 30.1 Å². The summed E-state index contributed by atoms with van der Waals surface area (Å²) in [6, 6.07) is 25.3. The molecule has 0 bridgehead atoms. The average Bonchev–Trinajstić information content (AvgIpc) is 3.11. The van der Waals surface area contributed by atoms with Crippen LogP contribution in [0.3, 0.4) is 0 Å². The highest BCUT2D eigenvalue weighted by atomic mass is 32.2. The molecule has 0 unspecified atom stereocenters. The Morgan fingerprint density at radius 1 is 0.938 bits per heavy atom. The first-order chi connectivity index (χ1) is 15.5. The average molecular weight is 445 g/mol. The Kier molecular flexibility index (Phi) is 6.61. The molecule has 0 amide bonds. The van der Waals surface area contributed by atoms with Crippen molar-refractivity contribution in [2.75, 3.05) is 7.11 Å². The van der Waals surface area contributed by atoms with Crippen LogP contribution in [0.2, 0.25) is 0 Å². The molecule has 0 radical (unpaired) electrons. The molecule has 3 aromatic carbocycles. The van der Waals surface area contributed by atoms with Gasteiger partial charge >= 0.3 is 5.97 Å². The van der Waals surface area contributed by atoms with Gasteiger partial charge in [-0.15, -0.1) is 0 Å². The molecule has 5 nitrogen and oxygen atoms in total. The van der Waals surface area contributed by atoms with Crippen LogP contribution in [0.25, 0.3) is 5.69 Å². The second kappa shape index (κ2) is 9.75. The van der Waals surface area contributed by atoms with Crippen LogP contribution in [0.4, 0.5) is 0 Å². The second-order valence-corrected chi connectivity index (χ2v) is 8.46. The highest BCUT2D eigenvalue weighted by Gasteiger charge is 2.22. The lowest BCUT2D eigenvalue weighted by Gasteiger charge is -2.11. The van der Waals surface area contributed by atoms with Crippen molar-refractivity contribution in [3.8, 4) is 17.3 Å². The number of aryl methyl sites for hydroxylation is 2. The summed E-state index contributed by atoms with van der Waals surface area (Å²) in [5.41, 5.74) is 3.67. The zero-order chi connectivity index (χ0) is 22.5. The van der Waals surface area contributed by atoms with Gasteiger partial charge in [-0.2, -0.15) is 9.78 Å². The van der Waals surface area contributed by atoms with E-state index in [2.05, 4.69) is 36.3 Å². The molecule has 32 heavy (non-hydrogen) atoms. The number of rotatable bonds is 7. The second-order valence-electron chi connectivity index (χ2n) is 7.38. The number of benzene rings is 3. The summed E-state index contributed by atoms with van der Waals surface area (Å²) in [6.45, 7) is 3.98. The maximum atomic E-state index is 12.9. The molecule has 4 rings (SSSR count). The van der Waals surface area contributed by atoms with E-state index in [-0.39, 0.29) is 12.4 Å². The highest BCUT2D eigenvalue weighted by Crippen LogP contribution is 2.39. The summed E-state index contributed by atoms with van der Waals surface area (Å²) in [5, 5.41) is 4.68. The van der Waals surface area contributed by atoms with Gasteiger partial charge < -0.3 is 9.47 Å². The van der Waals surface area contributed by atoms with Crippen LogP contribution < -0.4 is 9.47 Å². The van der Waals surface area contributed by atoms with Crippen molar-refractivity contribution in [2.24, 2.45) is 0 Å². The number of hydrogen-bond donors (Lipinski definition) is 0. The van der Waals surface area contributed by atoms with Crippen LogP contribution in [0, 0.1) is 13.8 Å². The molecule has 0 saturated carbocycles. The fraction of sp³-hybridized carbons (Fsp3) is 0.154. The minimum atomic E-state index is -0.349. The van der Waals surface area contributed by atoms with E-state index in [1.807, 2.05) is 61.5 Å². The maximum absolute atomic E-state index is 12.9. The molecule has 0 spiro atoms. The van der Waals surface area contributed by atoms with E-state index in [0.29, 0.717) is 5.88 Å². The number of esters is 1. The van der Waals surface area contributed by atoms with Crippen molar-refractivity contribution in [3.63, 3.8) is 0 Å². The molecule has 0 fully saturated rings. The summed E-state index contributed by atoms with van der Waals surface area (Å²) in [6.07, 6.45) is 0.150. The van der Waals surface area contributed by atoms with Crippen LogP contribution in [-0.4, -0.2) is 22.9 Å². The molecular weight excluding hydrogens is 420 g/mol. The number of carbonyl (C=O) groups is 1. The van der Waals surface area contributed by atoms with Gasteiger partial charge in [0.2, 0.25) is 5.88 Å². The monoisotopic (exact) mass is 444 g/mol. The molecule has 0 atom stereocenters. The van der Waals surface area contributed by atoms with Gasteiger partial charge in [-0.1, -0.05) is 59.8 Å². The van der Waals surface area contributed by atoms with Gasteiger partial charge in [0.15, 0.2) is 0 Å². The summed E-state index contributed by atoms with van der Waals surface area (Å²) < 4.78 is 12.8. The van der Waals surface area contributed by atoms with E-state index in [4.69, 9.17) is 9.47 Å². The quantitative estimate of drug-likeness (QED) is 0.337. The third-order valence-corrected chi connectivity index (χ3v) is 6.11. The molecule has 6 heteroatoms. The largest absolute Gasteiger partial charge is 0.497 e. The van der Waals surface area contributed by atoms with E-state index < -0.39 is 0 Å². The molecule has 0 aliphatic heterocycles. The van der Waals surface area contributed by atoms with Gasteiger partial charge in [0, 0.05) is 4.90 Å². The van der Waals surface area contributed by atoms with Crippen LogP contribution in [-0.2, 0) is 11.2 Å². The fourth-order valence-electron chi connectivity index (χ4n) is 3.22. The minimum absolute atomic E-state index is 0.150. The number of aromatic nitrogens is 2. The van der Waals surface area contributed by atoms with Crippen LogP contribution in [0.15, 0.2) is 88.7 Å². The summed E-state index contributed by atoms with van der Waals surface area (Å²) in [5.74, 6) is 0.826. The molecule has 162 valence electrons. The first-order valence-electron chi connectivity index (χ1n) is 10.3. The van der Waals surface area contributed by atoms with Crippen molar-refractivity contribution < 1.29 is 14.3 Å². The molecule has 0 saturated heterocycles. The van der Waals surface area contributed by atoms with Gasteiger partial charge in [-0.3, -0.25) is 4.79 Å². The van der Waals surface area contributed by atoms with Crippen LogP contribution in [0.1, 0.15) is 16.8 Å². The Morgan fingerprint density at radius 3 is 2.28 bits per heavy atom. The van der Waals surface area contributed by atoms with Gasteiger partial charge in [0.1, 0.15) is 5.75 Å². The molecule has 1 heterocycles. The topological polar surface area (TPSA) is 53.4 Å². The Hall–Kier alpha value is -3.51. The molecule has 0 aliphatic carbocycles. The smallest absolute Gasteiger partial charge is 0.317 e. The number of carbonyl (C=O) groups excluding carboxylic acids is 1. The zero-order valence-corrected chi connectivity index (χ0v) is 19.1. The highest BCUT2D eigenvalue weighted by molar-refractivity contribution is 7.99. The molecule has 0 aliphatic rings. The van der Waals surface area contributed by atoms with Crippen molar-refractivity contribution in [1.29, 1.82) is 0 Å².